The molecule has 0 fully saturated rings. The molecule has 3 rings (SSSR count). The van der Waals surface area contributed by atoms with E-state index in [9.17, 15) is 18.0 Å². The van der Waals surface area contributed by atoms with Crippen LogP contribution in [0.15, 0.2) is 71.6 Å². The third-order valence-electron chi connectivity index (χ3n) is 6.22. The van der Waals surface area contributed by atoms with E-state index >= 15 is 0 Å². The van der Waals surface area contributed by atoms with Gasteiger partial charge in [0.05, 0.1) is 24.8 Å². The van der Waals surface area contributed by atoms with Crippen LogP contribution in [0.2, 0.25) is 10.0 Å². The van der Waals surface area contributed by atoms with Gasteiger partial charge >= 0.3 is 0 Å². The highest BCUT2D eigenvalue weighted by atomic mass is 35.5. The zero-order valence-electron chi connectivity index (χ0n) is 23.4. The summed E-state index contributed by atoms with van der Waals surface area (Å²) in [6, 6.07) is 16.0. The second kappa shape index (κ2) is 13.9. The molecule has 1 atom stereocenters. The van der Waals surface area contributed by atoms with Gasteiger partial charge < -0.3 is 19.7 Å². The first-order valence-electron chi connectivity index (χ1n) is 12.7. The van der Waals surface area contributed by atoms with E-state index in [1.807, 2.05) is 0 Å². The van der Waals surface area contributed by atoms with Crippen LogP contribution in [0.5, 0.6) is 11.5 Å². The highest BCUT2D eigenvalue weighted by molar-refractivity contribution is 7.92. The van der Waals surface area contributed by atoms with Gasteiger partial charge in [-0.05, 0) is 62.7 Å². The first kappa shape index (κ1) is 32.0. The highest BCUT2D eigenvalue weighted by Crippen LogP contribution is 2.34. The van der Waals surface area contributed by atoms with Gasteiger partial charge in [0.25, 0.3) is 10.0 Å². The Kier molecular flexibility index (Phi) is 10.9. The Balaban J connectivity index is 2.10. The standard InChI is InChI=1S/C29H33Cl2N3O6S/c1-19(2)32-29(36)20(3)33(17-21-11-12-22(30)15-25(21)31)28(35)18-34(41(37,38)24-9-7-6-8-10-24)23-13-14-26(39-4)27(16-23)40-5/h6-16,19-20H,17-18H2,1-5H3,(H,32,36)/t20-/m1/s1. The van der Waals surface area contributed by atoms with Crippen molar-refractivity contribution in [3.8, 4) is 11.5 Å². The van der Waals surface area contributed by atoms with E-state index in [0.717, 1.165) is 4.31 Å². The summed E-state index contributed by atoms with van der Waals surface area (Å²) in [5.41, 5.74) is 0.709. The van der Waals surface area contributed by atoms with Crippen molar-refractivity contribution in [2.24, 2.45) is 0 Å². The van der Waals surface area contributed by atoms with Crippen LogP contribution in [-0.2, 0) is 26.2 Å². The van der Waals surface area contributed by atoms with Crippen molar-refractivity contribution in [3.63, 3.8) is 0 Å². The van der Waals surface area contributed by atoms with Crippen molar-refractivity contribution in [2.75, 3.05) is 25.1 Å². The first-order valence-corrected chi connectivity index (χ1v) is 14.9. The molecule has 1 N–H and O–H groups in total. The molecular weight excluding hydrogens is 589 g/mol. The van der Waals surface area contributed by atoms with Gasteiger partial charge in [-0.25, -0.2) is 8.42 Å². The number of hydrogen-bond acceptors (Lipinski definition) is 6. The molecule has 0 unspecified atom stereocenters. The number of methoxy groups -OCH3 is 2. The van der Waals surface area contributed by atoms with Crippen LogP contribution in [0.3, 0.4) is 0 Å². The molecule has 41 heavy (non-hydrogen) atoms. The maximum absolute atomic E-state index is 14.0. The van der Waals surface area contributed by atoms with Crippen molar-refractivity contribution >= 4 is 50.7 Å². The summed E-state index contributed by atoms with van der Waals surface area (Å²) in [5.74, 6) is -0.364. The lowest BCUT2D eigenvalue weighted by Gasteiger charge is -2.32. The smallest absolute Gasteiger partial charge is 0.264 e. The van der Waals surface area contributed by atoms with Crippen LogP contribution in [0.4, 0.5) is 5.69 Å². The predicted molar refractivity (Wildman–Crippen MR) is 160 cm³/mol. The van der Waals surface area contributed by atoms with Crippen LogP contribution in [0, 0.1) is 0 Å². The Morgan fingerprint density at radius 2 is 1.56 bits per heavy atom. The van der Waals surface area contributed by atoms with E-state index < -0.39 is 34.4 Å². The summed E-state index contributed by atoms with van der Waals surface area (Å²) in [6.45, 7) is 4.51. The maximum Gasteiger partial charge on any atom is 0.264 e. The third-order valence-corrected chi connectivity index (χ3v) is 8.59. The minimum Gasteiger partial charge on any atom is -0.493 e. The van der Waals surface area contributed by atoms with Crippen molar-refractivity contribution in [2.45, 2.75) is 44.3 Å². The Labute approximate surface area is 251 Å². The third kappa shape index (κ3) is 7.84. The molecule has 220 valence electrons. The molecule has 0 heterocycles. The van der Waals surface area contributed by atoms with Crippen molar-refractivity contribution in [1.82, 2.24) is 10.2 Å². The number of carbonyl (C=O) groups excluding carboxylic acids is 2. The number of sulfonamides is 1. The SMILES string of the molecule is COc1ccc(N(CC(=O)N(Cc2ccc(Cl)cc2Cl)[C@H](C)C(=O)NC(C)C)S(=O)(=O)c2ccccc2)cc1OC. The molecule has 9 nitrogen and oxygen atoms in total. The molecule has 0 bridgehead atoms. The Morgan fingerprint density at radius 1 is 0.902 bits per heavy atom. The van der Waals surface area contributed by atoms with Gasteiger partial charge in [0.2, 0.25) is 11.8 Å². The second-order valence-corrected chi connectivity index (χ2v) is 12.2. The number of hydrogen-bond donors (Lipinski definition) is 1. The monoisotopic (exact) mass is 621 g/mol. The lowest BCUT2D eigenvalue weighted by Crippen LogP contribution is -2.52. The first-order chi connectivity index (χ1) is 19.4. The zero-order chi connectivity index (χ0) is 30.3. The lowest BCUT2D eigenvalue weighted by molar-refractivity contribution is -0.139. The number of carbonyl (C=O) groups is 2. The quantitative estimate of drug-likeness (QED) is 0.300. The van der Waals surface area contributed by atoms with Crippen molar-refractivity contribution in [1.29, 1.82) is 0 Å². The number of rotatable bonds is 12. The minimum absolute atomic E-state index is 0.0134. The molecule has 3 aromatic carbocycles. The number of nitrogens with one attached hydrogen (secondary N) is 1. The number of ether oxygens (including phenoxy) is 2. The van der Waals surface area contributed by atoms with Gasteiger partial charge in [-0.3, -0.25) is 13.9 Å². The van der Waals surface area contributed by atoms with Crippen LogP contribution in [-0.4, -0.2) is 58.0 Å². The van der Waals surface area contributed by atoms with Gasteiger partial charge in [0.15, 0.2) is 11.5 Å². The molecule has 0 aliphatic carbocycles. The van der Waals surface area contributed by atoms with E-state index in [4.69, 9.17) is 32.7 Å². The van der Waals surface area contributed by atoms with E-state index in [1.165, 1.54) is 49.5 Å². The Morgan fingerprint density at radius 3 is 2.15 bits per heavy atom. The fraction of sp³-hybridized carbons (Fsp3) is 0.310. The molecular formula is C29H33Cl2N3O6S. The molecule has 0 spiro atoms. The summed E-state index contributed by atoms with van der Waals surface area (Å²) in [7, 11) is -1.35. The summed E-state index contributed by atoms with van der Waals surface area (Å²) < 4.78 is 39.5. The van der Waals surface area contributed by atoms with Crippen molar-refractivity contribution in [3.05, 3.63) is 82.3 Å². The van der Waals surface area contributed by atoms with E-state index in [0.29, 0.717) is 21.4 Å². The number of amides is 2. The zero-order valence-corrected chi connectivity index (χ0v) is 25.8. The van der Waals surface area contributed by atoms with Crippen molar-refractivity contribution < 1.29 is 27.5 Å². The van der Waals surface area contributed by atoms with E-state index in [2.05, 4.69) is 5.32 Å². The normalized spacial score (nSPS) is 12.0. The summed E-state index contributed by atoms with van der Waals surface area (Å²) in [6.07, 6.45) is 0. The second-order valence-electron chi connectivity index (χ2n) is 9.46. The minimum atomic E-state index is -4.23. The van der Waals surface area contributed by atoms with Gasteiger partial charge in [0.1, 0.15) is 12.6 Å². The fourth-order valence-electron chi connectivity index (χ4n) is 4.05. The molecule has 2 amide bonds. The van der Waals surface area contributed by atoms with E-state index in [1.54, 1.807) is 57.2 Å². The number of benzene rings is 3. The highest BCUT2D eigenvalue weighted by Gasteiger charge is 2.33. The largest absolute Gasteiger partial charge is 0.493 e. The summed E-state index contributed by atoms with van der Waals surface area (Å²) in [4.78, 5) is 28.3. The van der Waals surface area contributed by atoms with Gasteiger partial charge in [-0.2, -0.15) is 0 Å². The van der Waals surface area contributed by atoms with Crippen LogP contribution in [0.1, 0.15) is 26.3 Å². The molecule has 0 aliphatic heterocycles. The molecule has 0 aliphatic rings. The number of halogens is 2. The molecule has 0 saturated heterocycles. The van der Waals surface area contributed by atoms with Crippen LogP contribution in [0.25, 0.3) is 0 Å². The average Bonchev–Trinajstić information content (AvgIpc) is 2.94. The number of anilines is 1. The summed E-state index contributed by atoms with van der Waals surface area (Å²) >= 11 is 12.5. The Bertz CT molecular complexity index is 1490. The van der Waals surface area contributed by atoms with Gasteiger partial charge in [0, 0.05) is 28.7 Å². The topological polar surface area (TPSA) is 105 Å². The molecule has 3 aromatic rings. The molecule has 0 saturated carbocycles. The van der Waals surface area contributed by atoms with Gasteiger partial charge in [-0.15, -0.1) is 0 Å². The predicted octanol–water partition coefficient (Wildman–Crippen LogP) is 5.15. The maximum atomic E-state index is 14.0. The van der Waals surface area contributed by atoms with Crippen LogP contribution >= 0.6 is 23.2 Å². The molecule has 12 heteroatoms. The number of nitrogens with zero attached hydrogens (tertiary/aromatic N) is 2. The fourth-order valence-corrected chi connectivity index (χ4v) is 5.94. The molecule has 0 aromatic heterocycles. The van der Waals surface area contributed by atoms with E-state index in [-0.39, 0.29) is 28.9 Å². The van der Waals surface area contributed by atoms with Gasteiger partial charge in [-0.1, -0.05) is 47.5 Å². The summed E-state index contributed by atoms with van der Waals surface area (Å²) in [5, 5.41) is 3.53. The van der Waals surface area contributed by atoms with Crippen LogP contribution < -0.4 is 19.1 Å². The average molecular weight is 623 g/mol. The lowest BCUT2D eigenvalue weighted by atomic mass is 10.1. The Hall–Kier alpha value is -3.47. The molecule has 0 radical (unpaired) electrons.